The van der Waals surface area contributed by atoms with Crippen molar-refractivity contribution in [1.82, 2.24) is 9.80 Å². The summed E-state index contributed by atoms with van der Waals surface area (Å²) in [6.45, 7) is 14.9. The van der Waals surface area contributed by atoms with Crippen molar-refractivity contribution < 1.29 is 47.0 Å². The van der Waals surface area contributed by atoms with E-state index in [-0.39, 0.29) is 61.8 Å². The highest BCUT2D eigenvalue weighted by Gasteiger charge is 2.52. The van der Waals surface area contributed by atoms with Crippen LogP contribution in [0.3, 0.4) is 0 Å². The number of halogens is 4. The van der Waals surface area contributed by atoms with Crippen molar-refractivity contribution in [2.75, 3.05) is 54.8 Å². The lowest BCUT2D eigenvalue weighted by atomic mass is 9.72. The molecule has 2 amide bonds. The first kappa shape index (κ1) is 41.2. The number of alkyl halides is 4. The maximum Gasteiger partial charge on any atom is 0.411 e. The number of benzene rings is 2. The Morgan fingerprint density at radius 1 is 0.830 bits per heavy atom. The molecule has 13 nitrogen and oxygen atoms in total. The highest BCUT2D eigenvalue weighted by molar-refractivity contribution is 5.72. The summed E-state index contributed by atoms with van der Waals surface area (Å²) in [5.74, 6) is 0. The second-order valence-electron chi connectivity index (χ2n) is 16.2. The normalized spacial score (nSPS) is 22.6. The third-order valence-corrected chi connectivity index (χ3v) is 11.3. The van der Waals surface area contributed by atoms with E-state index in [0.29, 0.717) is 5.69 Å². The molecule has 4 rings (SSSR count). The SMILES string of the molecule is CC(C)(C)C1(C)CN(c2ccc(N)cc2C(OC(=O)N2CCN(c3ccc([N+](=O)[O-])cc3C(O)C(F)F)C[C@@]2(C)C(C)(C)C)C(F)F)CCN1C(=O)O. The van der Waals surface area contributed by atoms with Crippen LogP contribution in [-0.4, -0.2) is 100 Å². The Bertz CT molecular complexity index is 1700. The monoisotopic (exact) mass is 754 g/mol. The van der Waals surface area contributed by atoms with Crippen molar-refractivity contribution in [3.05, 3.63) is 57.6 Å². The summed E-state index contributed by atoms with van der Waals surface area (Å²) in [6, 6.07) is 7.71. The van der Waals surface area contributed by atoms with Crippen molar-refractivity contribution in [2.45, 2.75) is 91.5 Å². The van der Waals surface area contributed by atoms with Crippen LogP contribution in [0.1, 0.15) is 78.7 Å². The fourth-order valence-electron chi connectivity index (χ4n) is 7.13. The summed E-state index contributed by atoms with van der Waals surface area (Å²) in [5.41, 5.74) is 2.30. The Morgan fingerprint density at radius 3 is 1.79 bits per heavy atom. The number of aliphatic hydroxyl groups is 1. The van der Waals surface area contributed by atoms with Gasteiger partial charge in [0.15, 0.2) is 6.10 Å². The molecule has 2 aliphatic heterocycles. The van der Waals surface area contributed by atoms with Gasteiger partial charge in [-0.3, -0.25) is 19.9 Å². The molecule has 0 bridgehead atoms. The number of piperazine rings is 2. The van der Waals surface area contributed by atoms with Gasteiger partial charge in [0.05, 0.1) is 16.0 Å². The van der Waals surface area contributed by atoms with Crippen molar-refractivity contribution in [3.63, 3.8) is 0 Å². The van der Waals surface area contributed by atoms with Crippen LogP contribution in [-0.2, 0) is 4.74 Å². The number of nitro benzene ring substituents is 1. The van der Waals surface area contributed by atoms with Gasteiger partial charge in [-0.2, -0.15) is 0 Å². The van der Waals surface area contributed by atoms with Crippen LogP contribution in [0.5, 0.6) is 0 Å². The molecule has 2 aromatic carbocycles. The lowest BCUT2D eigenvalue weighted by Gasteiger charge is -2.55. The highest BCUT2D eigenvalue weighted by Crippen LogP contribution is 2.45. The van der Waals surface area contributed by atoms with Gasteiger partial charge in [-0.05, 0) is 48.9 Å². The van der Waals surface area contributed by atoms with E-state index in [1.165, 1.54) is 28.0 Å². The van der Waals surface area contributed by atoms with Crippen LogP contribution in [0.25, 0.3) is 0 Å². The van der Waals surface area contributed by atoms with Gasteiger partial charge in [-0.25, -0.2) is 27.2 Å². The van der Waals surface area contributed by atoms with Crippen LogP contribution in [0.2, 0.25) is 0 Å². The minimum atomic E-state index is -3.24. The smallest absolute Gasteiger partial charge is 0.411 e. The number of ether oxygens (including phenoxy) is 1. The Morgan fingerprint density at radius 2 is 1.32 bits per heavy atom. The summed E-state index contributed by atoms with van der Waals surface area (Å²) in [6.07, 6.45) is -13.0. The van der Waals surface area contributed by atoms with E-state index in [1.807, 2.05) is 41.5 Å². The van der Waals surface area contributed by atoms with Crippen LogP contribution < -0.4 is 15.5 Å². The van der Waals surface area contributed by atoms with Crippen molar-refractivity contribution >= 4 is 34.9 Å². The van der Waals surface area contributed by atoms with E-state index in [1.54, 1.807) is 29.7 Å². The van der Waals surface area contributed by atoms with Crippen LogP contribution >= 0.6 is 0 Å². The predicted molar refractivity (Wildman–Crippen MR) is 192 cm³/mol. The molecule has 2 saturated heterocycles. The Kier molecular flexibility index (Phi) is 11.4. The summed E-state index contributed by atoms with van der Waals surface area (Å²) in [5, 5.41) is 31.8. The quantitative estimate of drug-likeness (QED) is 0.109. The molecule has 0 aromatic heterocycles. The number of non-ortho nitro benzene ring substituents is 1. The molecular formula is C36H50F4N6O7. The van der Waals surface area contributed by atoms with E-state index in [9.17, 15) is 38.7 Å². The standard InChI is InChI=1S/C36H50F4N6O7/c1-33(2,3)35(7)19-43(13-15-44(35)31(48)49)26-11-9-21(41)17-24(26)28(30(39)40)53-32(50)45-16-14-42(20-36(45,8)34(4,5)6)25-12-10-22(46(51)52)18-23(25)27(47)29(37)38/h9-12,17-18,27-30,47H,13-16,19-20,41H2,1-8H3,(H,48,49)/t27?,28?,35?,36-/m0/s1. The zero-order valence-corrected chi connectivity index (χ0v) is 31.3. The zero-order chi connectivity index (χ0) is 40.0. The van der Waals surface area contributed by atoms with Crippen LogP contribution in [0.4, 0.5) is 49.9 Å². The number of nitrogens with zero attached hydrogens (tertiary/aromatic N) is 5. The number of aliphatic hydroxyl groups excluding tert-OH is 1. The molecule has 2 aromatic rings. The van der Waals surface area contributed by atoms with E-state index >= 15 is 8.78 Å². The van der Waals surface area contributed by atoms with Crippen molar-refractivity contribution in [3.8, 4) is 0 Å². The molecule has 0 spiro atoms. The second kappa shape index (κ2) is 14.7. The molecule has 2 fully saturated rings. The van der Waals surface area contributed by atoms with Gasteiger partial charge in [0.25, 0.3) is 18.5 Å². The van der Waals surface area contributed by atoms with Gasteiger partial charge in [-0.15, -0.1) is 0 Å². The molecule has 0 radical (unpaired) electrons. The number of amides is 2. The summed E-state index contributed by atoms with van der Waals surface area (Å²) in [4.78, 5) is 43.1. The number of hydrogen-bond donors (Lipinski definition) is 3. The van der Waals surface area contributed by atoms with Gasteiger partial charge in [0, 0.05) is 79.6 Å². The largest absolute Gasteiger partial charge is 0.465 e. The maximum atomic E-state index is 15.1. The molecule has 294 valence electrons. The van der Waals surface area contributed by atoms with Crippen molar-refractivity contribution in [2.24, 2.45) is 10.8 Å². The average Bonchev–Trinajstić information content (AvgIpc) is 3.04. The molecule has 0 aliphatic carbocycles. The first-order chi connectivity index (χ1) is 24.3. The summed E-state index contributed by atoms with van der Waals surface area (Å²) >= 11 is 0. The van der Waals surface area contributed by atoms with E-state index in [0.717, 1.165) is 12.1 Å². The van der Waals surface area contributed by atoms with E-state index in [4.69, 9.17) is 10.5 Å². The van der Waals surface area contributed by atoms with Gasteiger partial charge < -0.3 is 30.5 Å². The van der Waals surface area contributed by atoms with Crippen molar-refractivity contribution in [1.29, 1.82) is 0 Å². The molecule has 2 aliphatic rings. The number of nitrogen functional groups attached to an aromatic ring is 1. The minimum absolute atomic E-state index is 0.0103. The number of anilines is 3. The van der Waals surface area contributed by atoms with E-state index < -0.39 is 69.8 Å². The molecule has 3 unspecified atom stereocenters. The Labute approximate surface area is 306 Å². The number of rotatable bonds is 8. The fourth-order valence-corrected chi connectivity index (χ4v) is 7.13. The number of carbonyl (C=O) groups excluding carboxylic acids is 1. The molecule has 17 heteroatoms. The summed E-state index contributed by atoms with van der Waals surface area (Å²) in [7, 11) is 0. The fraction of sp³-hybridized carbons (Fsp3) is 0.611. The van der Waals surface area contributed by atoms with Crippen LogP contribution in [0.15, 0.2) is 36.4 Å². The first-order valence-electron chi connectivity index (χ1n) is 17.2. The number of nitro groups is 1. The predicted octanol–water partition coefficient (Wildman–Crippen LogP) is 7.15. The van der Waals surface area contributed by atoms with Gasteiger partial charge >= 0.3 is 12.2 Å². The molecule has 0 saturated carbocycles. The zero-order valence-electron chi connectivity index (χ0n) is 31.3. The number of hydrogen-bond acceptors (Lipinski definition) is 9. The Balaban J connectivity index is 1.70. The highest BCUT2D eigenvalue weighted by atomic mass is 19.3. The topological polar surface area (TPSA) is 166 Å². The lowest BCUT2D eigenvalue weighted by molar-refractivity contribution is -0.385. The van der Waals surface area contributed by atoms with E-state index in [2.05, 4.69) is 0 Å². The molecule has 4 N–H and O–H groups in total. The minimum Gasteiger partial charge on any atom is -0.465 e. The van der Waals surface area contributed by atoms with Gasteiger partial charge in [0.2, 0.25) is 0 Å². The van der Waals surface area contributed by atoms with Gasteiger partial charge in [0.1, 0.15) is 6.10 Å². The average molecular weight is 755 g/mol. The summed E-state index contributed by atoms with van der Waals surface area (Å²) < 4.78 is 63.4. The number of carboxylic acid groups (broad SMARTS) is 1. The molecule has 53 heavy (non-hydrogen) atoms. The molecule has 4 atom stereocenters. The maximum absolute atomic E-state index is 15.1. The number of carbonyl (C=O) groups is 2. The molecule has 2 heterocycles. The molecular weight excluding hydrogens is 704 g/mol. The van der Waals surface area contributed by atoms with Crippen LogP contribution in [0, 0.1) is 20.9 Å². The third-order valence-electron chi connectivity index (χ3n) is 11.3. The first-order valence-corrected chi connectivity index (χ1v) is 17.2. The third kappa shape index (κ3) is 7.89. The Hall–Kier alpha value is -4.54. The second-order valence-corrected chi connectivity index (χ2v) is 16.2. The van der Waals surface area contributed by atoms with Gasteiger partial charge in [-0.1, -0.05) is 41.5 Å². The lowest BCUT2D eigenvalue weighted by Crippen LogP contribution is -2.68. The number of nitrogens with two attached hydrogens (primary N) is 1.